The zero-order valence-electron chi connectivity index (χ0n) is 13.7. The normalized spacial score (nSPS) is 19.3. The van der Waals surface area contributed by atoms with Crippen LogP contribution < -0.4 is 0 Å². The Bertz CT molecular complexity index is 844. The van der Waals surface area contributed by atoms with E-state index < -0.39 is 9.84 Å². The van der Waals surface area contributed by atoms with E-state index in [1.807, 2.05) is 44.2 Å². The van der Waals surface area contributed by atoms with Gasteiger partial charge in [-0.3, -0.25) is 4.79 Å². The minimum atomic E-state index is -3.03. The fourth-order valence-electron chi connectivity index (χ4n) is 3.08. The molecule has 1 atom stereocenters. The molecule has 2 aromatic rings. The number of aryl methyl sites for hydroxylation is 1. The Morgan fingerprint density at radius 3 is 2.62 bits per heavy atom. The van der Waals surface area contributed by atoms with E-state index in [-0.39, 0.29) is 23.5 Å². The monoisotopic (exact) mass is 364 g/mol. The molecule has 2 heterocycles. The van der Waals surface area contributed by atoms with E-state index >= 15 is 0 Å². The maximum atomic E-state index is 13.1. The van der Waals surface area contributed by atoms with Crippen molar-refractivity contribution in [3.63, 3.8) is 0 Å². The lowest BCUT2D eigenvalue weighted by molar-refractivity contribution is 0.0714. The highest BCUT2D eigenvalue weighted by Crippen LogP contribution is 2.30. The van der Waals surface area contributed by atoms with Crippen molar-refractivity contribution in [2.45, 2.75) is 26.3 Å². The minimum absolute atomic E-state index is 0.0606. The smallest absolute Gasteiger partial charge is 0.266 e. The molecule has 0 unspecified atom stereocenters. The van der Waals surface area contributed by atoms with Crippen LogP contribution in [0.25, 0.3) is 11.3 Å². The molecule has 1 amide bonds. The van der Waals surface area contributed by atoms with Gasteiger partial charge in [-0.1, -0.05) is 30.3 Å². The van der Waals surface area contributed by atoms with Crippen LogP contribution in [0.4, 0.5) is 0 Å². The first kappa shape index (κ1) is 17.1. The fraction of sp³-hybridized carbons (Fsp3) is 0.412. The van der Waals surface area contributed by atoms with E-state index in [9.17, 15) is 13.2 Å². The van der Waals surface area contributed by atoms with Gasteiger partial charge >= 0.3 is 0 Å². The maximum absolute atomic E-state index is 13.1. The standard InChI is InChI=1S/C17H20N2O3S2/c1-3-19(14-9-10-24(21,22)11-14)17(20)16-15(18-12(2)23-16)13-7-5-4-6-8-13/h4-8,14H,3,9-11H2,1-2H3/t14-/m0/s1. The molecular formula is C17H20N2O3S2. The average molecular weight is 364 g/mol. The van der Waals surface area contributed by atoms with Crippen molar-refractivity contribution >= 4 is 27.1 Å². The molecule has 1 aliphatic rings. The molecule has 5 nitrogen and oxygen atoms in total. The first-order chi connectivity index (χ1) is 11.4. The van der Waals surface area contributed by atoms with Gasteiger partial charge in [0.25, 0.3) is 5.91 Å². The summed E-state index contributed by atoms with van der Waals surface area (Å²) in [7, 11) is -3.03. The number of sulfone groups is 1. The average Bonchev–Trinajstić information content (AvgIpc) is 3.11. The molecule has 24 heavy (non-hydrogen) atoms. The van der Waals surface area contributed by atoms with Crippen LogP contribution in [0.5, 0.6) is 0 Å². The summed E-state index contributed by atoms with van der Waals surface area (Å²) < 4.78 is 23.5. The molecule has 0 N–H and O–H groups in total. The number of hydrogen-bond acceptors (Lipinski definition) is 5. The molecule has 0 aliphatic carbocycles. The van der Waals surface area contributed by atoms with Gasteiger partial charge in [-0.25, -0.2) is 13.4 Å². The molecule has 0 saturated carbocycles. The summed E-state index contributed by atoms with van der Waals surface area (Å²) in [5, 5.41) is 0.826. The van der Waals surface area contributed by atoms with Crippen LogP contribution in [0.1, 0.15) is 28.0 Å². The lowest BCUT2D eigenvalue weighted by Gasteiger charge is -2.26. The lowest BCUT2D eigenvalue weighted by Crippen LogP contribution is -2.40. The quantitative estimate of drug-likeness (QED) is 0.837. The van der Waals surface area contributed by atoms with Crippen molar-refractivity contribution in [3.05, 3.63) is 40.2 Å². The predicted molar refractivity (Wildman–Crippen MR) is 96.1 cm³/mol. The Balaban J connectivity index is 1.95. The molecule has 0 spiro atoms. The Morgan fingerprint density at radius 2 is 2.04 bits per heavy atom. The fourth-order valence-corrected chi connectivity index (χ4v) is 5.71. The molecule has 0 radical (unpaired) electrons. The summed E-state index contributed by atoms with van der Waals surface area (Å²) in [5.74, 6) is 0.101. The number of rotatable bonds is 4. The second-order valence-electron chi connectivity index (χ2n) is 5.92. The first-order valence-electron chi connectivity index (χ1n) is 7.95. The van der Waals surface area contributed by atoms with Gasteiger partial charge in [-0.2, -0.15) is 0 Å². The van der Waals surface area contributed by atoms with E-state index in [0.29, 0.717) is 23.5 Å². The van der Waals surface area contributed by atoms with Crippen LogP contribution in [-0.2, 0) is 9.84 Å². The van der Waals surface area contributed by atoms with Gasteiger partial charge in [0.1, 0.15) is 4.88 Å². The molecule has 1 aromatic carbocycles. The van der Waals surface area contributed by atoms with Gasteiger partial charge in [0.15, 0.2) is 9.84 Å². The Hall–Kier alpha value is -1.73. The molecule has 3 rings (SSSR count). The zero-order chi connectivity index (χ0) is 17.3. The Labute approximate surface area is 146 Å². The van der Waals surface area contributed by atoms with Crippen molar-refractivity contribution in [2.24, 2.45) is 0 Å². The predicted octanol–water partition coefficient (Wildman–Crippen LogP) is 2.77. The zero-order valence-corrected chi connectivity index (χ0v) is 15.4. The number of thiazole rings is 1. The molecule has 1 fully saturated rings. The molecular weight excluding hydrogens is 344 g/mol. The number of aromatic nitrogens is 1. The van der Waals surface area contributed by atoms with Gasteiger partial charge in [0.05, 0.1) is 22.2 Å². The van der Waals surface area contributed by atoms with Crippen molar-refractivity contribution in [1.29, 1.82) is 0 Å². The molecule has 0 bridgehead atoms. The molecule has 1 aliphatic heterocycles. The largest absolute Gasteiger partial charge is 0.334 e. The van der Waals surface area contributed by atoms with E-state index in [1.165, 1.54) is 11.3 Å². The molecule has 128 valence electrons. The SMILES string of the molecule is CCN(C(=O)c1sc(C)nc1-c1ccccc1)[C@H]1CCS(=O)(=O)C1. The highest BCUT2D eigenvalue weighted by atomic mass is 32.2. The minimum Gasteiger partial charge on any atom is -0.334 e. The third-order valence-electron chi connectivity index (χ3n) is 4.23. The summed E-state index contributed by atoms with van der Waals surface area (Å²) in [5.41, 5.74) is 1.59. The van der Waals surface area contributed by atoms with Gasteiger partial charge in [-0.15, -0.1) is 11.3 Å². The maximum Gasteiger partial charge on any atom is 0.266 e. The second kappa shape index (κ2) is 6.64. The van der Waals surface area contributed by atoms with Crippen LogP contribution in [0.3, 0.4) is 0 Å². The van der Waals surface area contributed by atoms with E-state index in [0.717, 1.165) is 10.6 Å². The van der Waals surface area contributed by atoms with Crippen LogP contribution in [0.2, 0.25) is 0 Å². The third-order valence-corrected chi connectivity index (χ3v) is 6.94. The van der Waals surface area contributed by atoms with Crippen LogP contribution in [0, 0.1) is 6.92 Å². The van der Waals surface area contributed by atoms with Gasteiger partial charge in [0.2, 0.25) is 0 Å². The summed E-state index contributed by atoms with van der Waals surface area (Å²) in [6.07, 6.45) is 0.514. The Morgan fingerprint density at radius 1 is 1.33 bits per heavy atom. The van der Waals surface area contributed by atoms with Crippen molar-refractivity contribution < 1.29 is 13.2 Å². The summed E-state index contributed by atoms with van der Waals surface area (Å²) >= 11 is 1.37. The third kappa shape index (κ3) is 3.37. The van der Waals surface area contributed by atoms with Gasteiger partial charge in [-0.05, 0) is 20.3 Å². The summed E-state index contributed by atoms with van der Waals surface area (Å²) in [6, 6.07) is 9.38. The van der Waals surface area contributed by atoms with Crippen molar-refractivity contribution in [3.8, 4) is 11.3 Å². The highest BCUT2D eigenvalue weighted by Gasteiger charge is 2.35. The molecule has 1 aromatic heterocycles. The first-order valence-corrected chi connectivity index (χ1v) is 10.6. The molecule has 7 heteroatoms. The number of amides is 1. The second-order valence-corrected chi connectivity index (χ2v) is 9.36. The number of carbonyl (C=O) groups excluding carboxylic acids is 1. The number of hydrogen-bond donors (Lipinski definition) is 0. The van der Waals surface area contributed by atoms with Crippen molar-refractivity contribution in [2.75, 3.05) is 18.1 Å². The number of nitrogens with zero attached hydrogens (tertiary/aromatic N) is 2. The van der Waals surface area contributed by atoms with Crippen LogP contribution in [0.15, 0.2) is 30.3 Å². The summed E-state index contributed by atoms with van der Waals surface area (Å²) in [6.45, 7) is 4.26. The Kier molecular flexibility index (Phi) is 4.73. The van der Waals surface area contributed by atoms with Crippen molar-refractivity contribution in [1.82, 2.24) is 9.88 Å². The van der Waals surface area contributed by atoms with E-state index in [2.05, 4.69) is 4.98 Å². The number of benzene rings is 1. The van der Waals surface area contributed by atoms with Gasteiger partial charge < -0.3 is 4.90 Å². The summed E-state index contributed by atoms with van der Waals surface area (Å²) in [4.78, 5) is 19.9. The van der Waals surface area contributed by atoms with Gasteiger partial charge in [0, 0.05) is 18.2 Å². The van der Waals surface area contributed by atoms with E-state index in [4.69, 9.17) is 0 Å². The van der Waals surface area contributed by atoms with E-state index in [1.54, 1.807) is 4.90 Å². The topological polar surface area (TPSA) is 67.3 Å². The molecule has 1 saturated heterocycles. The lowest BCUT2D eigenvalue weighted by atomic mass is 10.1. The number of carbonyl (C=O) groups is 1. The highest BCUT2D eigenvalue weighted by molar-refractivity contribution is 7.91. The van der Waals surface area contributed by atoms with Crippen LogP contribution in [-0.4, -0.2) is 48.3 Å². The van der Waals surface area contributed by atoms with Crippen LogP contribution >= 0.6 is 11.3 Å².